The number of hydrogen-bond acceptors (Lipinski definition) is 1. The van der Waals surface area contributed by atoms with Gasteiger partial charge in [-0.1, -0.05) is 22.6 Å². The average Bonchev–Trinajstić information content (AvgIpc) is 2.30. The Morgan fingerprint density at radius 2 is 1.67 bits per heavy atom. The fourth-order valence-electron chi connectivity index (χ4n) is 0.0745. The van der Waals surface area contributed by atoms with Crippen LogP contribution < -0.4 is 0 Å². The monoisotopic (exact) mass is 216 g/mol. The Kier molecular flexibility index (Phi) is 5.01. The zero-order valence-electron chi connectivity index (χ0n) is 3.82. The summed E-state index contributed by atoms with van der Waals surface area (Å²) in [5, 5.41) is 0.778. The Morgan fingerprint density at radius 3 is 1.67 bits per heavy atom. The van der Waals surface area contributed by atoms with Crippen LogP contribution in [0.4, 0.5) is 0 Å². The minimum atomic E-state index is 0.778. The van der Waals surface area contributed by atoms with E-state index in [9.17, 15) is 0 Å². The molecule has 1 saturated carbocycles. The molecule has 0 N–H and O–H groups in total. The van der Waals surface area contributed by atoms with Gasteiger partial charge in [-0.2, -0.15) is 12.6 Å². The molecule has 38 valence electrons. The Bertz CT molecular complexity index is 26.7. The highest BCUT2D eigenvalue weighted by Crippen LogP contribution is 2.24. The van der Waals surface area contributed by atoms with Gasteiger partial charge in [-0.3, -0.25) is 0 Å². The van der Waals surface area contributed by atoms with Crippen LogP contribution in [0.5, 0.6) is 0 Å². The van der Waals surface area contributed by atoms with Crippen molar-refractivity contribution in [1.29, 1.82) is 0 Å². The second-order valence-corrected chi connectivity index (χ2v) is 1.96. The maximum Gasteiger partial charge on any atom is 0.00176 e. The van der Waals surface area contributed by atoms with E-state index in [1.165, 1.54) is 12.8 Å². The summed E-state index contributed by atoms with van der Waals surface area (Å²) in [7, 11) is 0. The van der Waals surface area contributed by atoms with Crippen molar-refractivity contribution >= 4 is 35.2 Å². The zero-order chi connectivity index (χ0) is 4.99. The van der Waals surface area contributed by atoms with Crippen molar-refractivity contribution < 1.29 is 0 Å². The maximum atomic E-state index is 4.08. The van der Waals surface area contributed by atoms with Gasteiger partial charge in [0.2, 0.25) is 0 Å². The number of thiol groups is 1. The van der Waals surface area contributed by atoms with E-state index in [2.05, 4.69) is 35.2 Å². The van der Waals surface area contributed by atoms with Crippen LogP contribution in [0.1, 0.15) is 12.8 Å². The van der Waals surface area contributed by atoms with Crippen LogP contribution in [-0.2, 0) is 0 Å². The minimum Gasteiger partial charge on any atom is -0.176 e. The van der Waals surface area contributed by atoms with Crippen LogP contribution in [0, 0.1) is 0 Å². The van der Waals surface area contributed by atoms with Gasteiger partial charge in [0.25, 0.3) is 0 Å². The van der Waals surface area contributed by atoms with E-state index in [4.69, 9.17) is 0 Å². The van der Waals surface area contributed by atoms with Crippen LogP contribution in [0.25, 0.3) is 0 Å². The highest BCUT2D eigenvalue weighted by Gasteiger charge is 2.14. The van der Waals surface area contributed by atoms with Crippen molar-refractivity contribution in [2.45, 2.75) is 18.1 Å². The molecule has 0 bridgehead atoms. The van der Waals surface area contributed by atoms with Crippen LogP contribution in [0.2, 0.25) is 0 Å². The zero-order valence-corrected chi connectivity index (χ0v) is 6.87. The molecule has 6 heavy (non-hydrogen) atoms. The van der Waals surface area contributed by atoms with Crippen molar-refractivity contribution in [3.8, 4) is 0 Å². The molecular formula is C4H9IS. The first-order chi connectivity index (χ1) is 2.89. The standard InChI is InChI=1S/C3H6S.CH3I/c4-3-1-2-3;1-2/h3-4H,1-2H2;1H3. The lowest BCUT2D eigenvalue weighted by Crippen LogP contribution is -1.45. The summed E-state index contributed by atoms with van der Waals surface area (Å²) in [5.41, 5.74) is 0. The molecule has 0 aromatic heterocycles. The number of alkyl halides is 1. The van der Waals surface area contributed by atoms with Crippen molar-refractivity contribution in [3.05, 3.63) is 0 Å². The topological polar surface area (TPSA) is 0 Å². The van der Waals surface area contributed by atoms with Gasteiger partial charge in [0, 0.05) is 5.25 Å². The summed E-state index contributed by atoms with van der Waals surface area (Å²) in [4.78, 5) is 1.97. The Labute approximate surface area is 58.3 Å². The molecule has 0 spiro atoms. The van der Waals surface area contributed by atoms with Crippen molar-refractivity contribution in [1.82, 2.24) is 0 Å². The highest BCUT2D eigenvalue weighted by atomic mass is 127. The fraction of sp³-hybridized carbons (Fsp3) is 1.00. The third-order valence-electron chi connectivity index (χ3n) is 0.547. The third kappa shape index (κ3) is 5.08. The van der Waals surface area contributed by atoms with E-state index in [-0.39, 0.29) is 0 Å². The summed E-state index contributed by atoms with van der Waals surface area (Å²) in [6.07, 6.45) is 2.70. The second-order valence-electron chi connectivity index (χ2n) is 1.23. The molecule has 1 fully saturated rings. The smallest absolute Gasteiger partial charge is 0.00176 e. The lowest BCUT2D eigenvalue weighted by molar-refractivity contribution is 1.50. The SMILES string of the molecule is CI.SC1CC1. The van der Waals surface area contributed by atoms with Gasteiger partial charge >= 0.3 is 0 Å². The van der Waals surface area contributed by atoms with E-state index >= 15 is 0 Å². The number of halogens is 1. The molecule has 0 radical (unpaired) electrons. The molecule has 0 unspecified atom stereocenters. The molecular weight excluding hydrogens is 207 g/mol. The van der Waals surface area contributed by atoms with E-state index in [0.717, 1.165) is 5.25 Å². The van der Waals surface area contributed by atoms with Gasteiger partial charge in [-0.05, 0) is 17.8 Å². The van der Waals surface area contributed by atoms with E-state index in [1.54, 1.807) is 0 Å². The highest BCUT2D eigenvalue weighted by molar-refractivity contribution is 14.1. The number of rotatable bonds is 0. The summed E-state index contributed by atoms with van der Waals surface area (Å²) < 4.78 is 0. The molecule has 0 aromatic rings. The van der Waals surface area contributed by atoms with Crippen LogP contribution in [0.15, 0.2) is 0 Å². The summed E-state index contributed by atoms with van der Waals surface area (Å²) >= 11 is 6.23. The normalized spacial score (nSPS) is 18.5. The van der Waals surface area contributed by atoms with Crippen LogP contribution in [0.3, 0.4) is 0 Å². The molecule has 0 saturated heterocycles. The quantitative estimate of drug-likeness (QED) is 0.358. The minimum absolute atomic E-state index is 0.778. The molecule has 0 heterocycles. The summed E-state index contributed by atoms with van der Waals surface area (Å²) in [5.74, 6) is 0. The van der Waals surface area contributed by atoms with E-state index in [0.29, 0.717) is 0 Å². The second kappa shape index (κ2) is 4.24. The first kappa shape index (κ1) is 7.08. The van der Waals surface area contributed by atoms with Crippen LogP contribution >= 0.6 is 35.2 Å². The van der Waals surface area contributed by atoms with Crippen molar-refractivity contribution in [2.75, 3.05) is 4.93 Å². The van der Waals surface area contributed by atoms with E-state index in [1.807, 2.05) is 4.93 Å². The van der Waals surface area contributed by atoms with Crippen molar-refractivity contribution in [2.24, 2.45) is 0 Å². The first-order valence-electron chi connectivity index (χ1n) is 1.95. The largest absolute Gasteiger partial charge is 0.176 e. The van der Waals surface area contributed by atoms with Gasteiger partial charge in [-0.25, -0.2) is 0 Å². The molecule has 0 nitrogen and oxygen atoms in total. The fourth-order valence-corrected chi connectivity index (χ4v) is 0.224. The Balaban J connectivity index is 0.000000112. The van der Waals surface area contributed by atoms with Crippen molar-refractivity contribution in [3.63, 3.8) is 0 Å². The maximum absolute atomic E-state index is 4.08. The Hall–Kier alpha value is 1.08. The molecule has 1 rings (SSSR count). The average molecular weight is 216 g/mol. The molecule has 1 aliphatic rings. The molecule has 1 aliphatic carbocycles. The first-order valence-corrected chi connectivity index (χ1v) is 4.63. The van der Waals surface area contributed by atoms with Gasteiger partial charge in [0.1, 0.15) is 0 Å². The molecule has 0 aromatic carbocycles. The molecule has 0 aliphatic heterocycles. The third-order valence-corrected chi connectivity index (χ3v) is 1.06. The molecule has 0 atom stereocenters. The summed E-state index contributed by atoms with van der Waals surface area (Å²) in [6.45, 7) is 0. The number of hydrogen-bond donors (Lipinski definition) is 1. The molecule has 0 amide bonds. The van der Waals surface area contributed by atoms with Crippen LogP contribution in [-0.4, -0.2) is 10.2 Å². The Morgan fingerprint density at radius 1 is 1.50 bits per heavy atom. The van der Waals surface area contributed by atoms with Gasteiger partial charge in [-0.15, -0.1) is 0 Å². The lowest BCUT2D eigenvalue weighted by atomic mass is 11.0. The predicted molar refractivity (Wildman–Crippen MR) is 42.0 cm³/mol. The van der Waals surface area contributed by atoms with E-state index < -0.39 is 0 Å². The summed E-state index contributed by atoms with van der Waals surface area (Å²) in [6, 6.07) is 0. The van der Waals surface area contributed by atoms with Gasteiger partial charge in [0.15, 0.2) is 0 Å². The van der Waals surface area contributed by atoms with Gasteiger partial charge in [0.05, 0.1) is 0 Å². The van der Waals surface area contributed by atoms with Gasteiger partial charge < -0.3 is 0 Å². The lowest BCUT2D eigenvalue weighted by Gasteiger charge is -1.53. The predicted octanol–water partition coefficient (Wildman–Crippen LogP) is 2.13. The molecule has 2 heteroatoms.